The molecule has 0 unspecified atom stereocenters. The maximum absolute atomic E-state index is 5.93. The summed E-state index contributed by atoms with van der Waals surface area (Å²) in [5.74, 6) is 0.896. The van der Waals surface area contributed by atoms with Crippen LogP contribution in [0.15, 0.2) is 28.6 Å². The predicted molar refractivity (Wildman–Crippen MR) is 68.6 cm³/mol. The van der Waals surface area contributed by atoms with E-state index in [0.717, 1.165) is 15.6 Å². The van der Waals surface area contributed by atoms with Crippen molar-refractivity contribution < 1.29 is 0 Å². The molecular formula is C11H14N2S2. The summed E-state index contributed by atoms with van der Waals surface area (Å²) >= 11 is 3.47. The largest absolute Gasteiger partial charge is 0.325 e. The molecule has 0 saturated heterocycles. The maximum Gasteiger partial charge on any atom is 0.151 e. The van der Waals surface area contributed by atoms with Crippen LogP contribution in [0.3, 0.4) is 0 Å². The van der Waals surface area contributed by atoms with Gasteiger partial charge in [-0.1, -0.05) is 23.9 Å². The second-order valence-electron chi connectivity index (χ2n) is 4.22. The van der Waals surface area contributed by atoms with Gasteiger partial charge in [0.1, 0.15) is 0 Å². The van der Waals surface area contributed by atoms with E-state index < -0.39 is 0 Å². The van der Waals surface area contributed by atoms with E-state index in [1.807, 2.05) is 32.0 Å². The van der Waals surface area contributed by atoms with E-state index in [2.05, 4.69) is 11.1 Å². The van der Waals surface area contributed by atoms with Gasteiger partial charge in [0.2, 0.25) is 0 Å². The SMILES string of the molecule is CC(C)(N)CSc1nc2ccccc2s1. The van der Waals surface area contributed by atoms with E-state index >= 15 is 0 Å². The summed E-state index contributed by atoms with van der Waals surface area (Å²) < 4.78 is 2.35. The highest BCUT2D eigenvalue weighted by Crippen LogP contribution is 2.30. The van der Waals surface area contributed by atoms with Gasteiger partial charge in [-0.2, -0.15) is 0 Å². The molecule has 2 rings (SSSR count). The Morgan fingerprint density at radius 3 is 2.80 bits per heavy atom. The molecule has 2 nitrogen and oxygen atoms in total. The Labute approximate surface area is 97.9 Å². The normalized spacial score (nSPS) is 12.2. The molecule has 0 radical (unpaired) electrons. The fourth-order valence-corrected chi connectivity index (χ4v) is 3.20. The van der Waals surface area contributed by atoms with E-state index in [9.17, 15) is 0 Å². The number of nitrogens with zero attached hydrogens (tertiary/aromatic N) is 1. The Morgan fingerprint density at radius 2 is 2.13 bits per heavy atom. The number of para-hydroxylation sites is 1. The van der Waals surface area contributed by atoms with Crippen LogP contribution in [-0.4, -0.2) is 16.3 Å². The van der Waals surface area contributed by atoms with Crippen molar-refractivity contribution in [3.8, 4) is 0 Å². The third-order valence-electron chi connectivity index (χ3n) is 1.84. The second kappa shape index (κ2) is 4.12. The maximum atomic E-state index is 5.93. The summed E-state index contributed by atoms with van der Waals surface area (Å²) in [6.45, 7) is 4.07. The minimum Gasteiger partial charge on any atom is -0.325 e. The van der Waals surface area contributed by atoms with Crippen molar-refractivity contribution >= 4 is 33.3 Å². The highest BCUT2D eigenvalue weighted by molar-refractivity contribution is 8.01. The van der Waals surface area contributed by atoms with Crippen molar-refractivity contribution in [3.05, 3.63) is 24.3 Å². The average Bonchev–Trinajstić information content (AvgIpc) is 2.56. The number of thioether (sulfide) groups is 1. The molecule has 1 heterocycles. The van der Waals surface area contributed by atoms with Crippen molar-refractivity contribution in [2.24, 2.45) is 5.73 Å². The van der Waals surface area contributed by atoms with Crippen molar-refractivity contribution in [1.29, 1.82) is 0 Å². The van der Waals surface area contributed by atoms with Crippen molar-refractivity contribution in [3.63, 3.8) is 0 Å². The van der Waals surface area contributed by atoms with Crippen LogP contribution in [0.4, 0.5) is 0 Å². The summed E-state index contributed by atoms with van der Waals surface area (Å²) in [4.78, 5) is 4.54. The van der Waals surface area contributed by atoms with Gasteiger partial charge in [-0.25, -0.2) is 4.98 Å². The number of hydrogen-bond donors (Lipinski definition) is 1. The smallest absolute Gasteiger partial charge is 0.151 e. The van der Waals surface area contributed by atoms with Crippen LogP contribution in [0, 0.1) is 0 Å². The Hall–Kier alpha value is -0.580. The molecule has 0 fully saturated rings. The lowest BCUT2D eigenvalue weighted by molar-refractivity contribution is 0.591. The molecule has 1 aromatic heterocycles. The predicted octanol–water partition coefficient (Wildman–Crippen LogP) is 3.13. The van der Waals surface area contributed by atoms with Gasteiger partial charge in [0.05, 0.1) is 10.2 Å². The molecule has 0 saturated carbocycles. The van der Waals surface area contributed by atoms with E-state index in [4.69, 9.17) is 5.73 Å². The van der Waals surface area contributed by atoms with Gasteiger partial charge in [-0.05, 0) is 26.0 Å². The van der Waals surface area contributed by atoms with Gasteiger partial charge in [0.25, 0.3) is 0 Å². The zero-order valence-corrected chi connectivity index (χ0v) is 10.5. The summed E-state index contributed by atoms with van der Waals surface area (Å²) in [5.41, 5.74) is 6.88. The molecule has 0 aliphatic heterocycles. The first-order valence-electron chi connectivity index (χ1n) is 4.82. The molecule has 0 spiro atoms. The summed E-state index contributed by atoms with van der Waals surface area (Å²) in [5, 5.41) is 0. The number of hydrogen-bond acceptors (Lipinski definition) is 4. The zero-order valence-electron chi connectivity index (χ0n) is 8.86. The lowest BCUT2D eigenvalue weighted by Crippen LogP contribution is -2.34. The molecule has 4 heteroatoms. The molecule has 15 heavy (non-hydrogen) atoms. The Balaban J connectivity index is 2.16. The van der Waals surface area contributed by atoms with Crippen LogP contribution in [0.2, 0.25) is 0 Å². The third-order valence-corrected chi connectivity index (χ3v) is 4.50. The van der Waals surface area contributed by atoms with Gasteiger partial charge in [0, 0.05) is 11.3 Å². The van der Waals surface area contributed by atoms with Crippen LogP contribution < -0.4 is 5.73 Å². The van der Waals surface area contributed by atoms with Gasteiger partial charge < -0.3 is 5.73 Å². The Kier molecular flexibility index (Phi) is 3.00. The van der Waals surface area contributed by atoms with Gasteiger partial charge in [-0.3, -0.25) is 0 Å². The van der Waals surface area contributed by atoms with Crippen LogP contribution >= 0.6 is 23.1 Å². The minimum absolute atomic E-state index is 0.136. The lowest BCUT2D eigenvalue weighted by Gasteiger charge is -2.16. The molecule has 0 aliphatic rings. The van der Waals surface area contributed by atoms with E-state index in [0.29, 0.717) is 0 Å². The Bertz CT molecular complexity index is 424. The monoisotopic (exact) mass is 238 g/mol. The fraction of sp³-hybridized carbons (Fsp3) is 0.364. The molecule has 0 atom stereocenters. The molecule has 2 N–H and O–H groups in total. The summed E-state index contributed by atoms with van der Waals surface area (Å²) in [6.07, 6.45) is 0. The first kappa shape index (κ1) is 10.9. The first-order chi connectivity index (χ1) is 7.04. The van der Waals surface area contributed by atoms with Gasteiger partial charge in [0.15, 0.2) is 4.34 Å². The highest BCUT2D eigenvalue weighted by Gasteiger charge is 2.12. The lowest BCUT2D eigenvalue weighted by atomic mass is 10.1. The van der Waals surface area contributed by atoms with Crippen molar-refractivity contribution in [2.45, 2.75) is 23.7 Å². The van der Waals surface area contributed by atoms with Gasteiger partial charge >= 0.3 is 0 Å². The zero-order chi connectivity index (χ0) is 10.9. The van der Waals surface area contributed by atoms with E-state index in [1.165, 1.54) is 4.70 Å². The first-order valence-corrected chi connectivity index (χ1v) is 6.62. The number of fused-ring (bicyclic) bond motifs is 1. The van der Waals surface area contributed by atoms with Crippen molar-refractivity contribution in [2.75, 3.05) is 5.75 Å². The standard InChI is InChI=1S/C11H14N2S2/c1-11(2,12)7-14-10-13-8-5-3-4-6-9(8)15-10/h3-6H,7,12H2,1-2H3. The minimum atomic E-state index is -0.136. The number of rotatable bonds is 3. The molecule has 0 bridgehead atoms. The van der Waals surface area contributed by atoms with Crippen LogP contribution in [0.1, 0.15) is 13.8 Å². The number of thiazole rings is 1. The van der Waals surface area contributed by atoms with Crippen molar-refractivity contribution in [1.82, 2.24) is 4.98 Å². The van der Waals surface area contributed by atoms with Gasteiger partial charge in [-0.15, -0.1) is 11.3 Å². The molecule has 1 aromatic carbocycles. The fourth-order valence-electron chi connectivity index (χ4n) is 1.16. The summed E-state index contributed by atoms with van der Waals surface area (Å²) in [7, 11) is 0. The molecule has 0 amide bonds. The highest BCUT2D eigenvalue weighted by atomic mass is 32.2. The van der Waals surface area contributed by atoms with Crippen LogP contribution in [-0.2, 0) is 0 Å². The van der Waals surface area contributed by atoms with Crippen LogP contribution in [0.5, 0.6) is 0 Å². The van der Waals surface area contributed by atoms with E-state index in [-0.39, 0.29) is 5.54 Å². The average molecular weight is 238 g/mol. The molecule has 2 aromatic rings. The number of benzene rings is 1. The molecule has 80 valence electrons. The van der Waals surface area contributed by atoms with Crippen LogP contribution in [0.25, 0.3) is 10.2 Å². The molecule has 0 aliphatic carbocycles. The summed E-state index contributed by atoms with van der Waals surface area (Å²) in [6, 6.07) is 8.21. The Morgan fingerprint density at radius 1 is 1.40 bits per heavy atom. The topological polar surface area (TPSA) is 38.9 Å². The van der Waals surface area contributed by atoms with E-state index in [1.54, 1.807) is 23.1 Å². The quantitative estimate of drug-likeness (QED) is 0.835. The second-order valence-corrected chi connectivity index (χ2v) is 6.48. The number of nitrogens with two attached hydrogens (primary N) is 1. The third kappa shape index (κ3) is 2.93. The molecular weight excluding hydrogens is 224 g/mol. The number of aromatic nitrogens is 1.